The quantitative estimate of drug-likeness (QED) is 0.821. The molecule has 0 amide bonds. The number of hydrogen-bond acceptors (Lipinski definition) is 2. The fourth-order valence-electron chi connectivity index (χ4n) is 1.71. The minimum absolute atomic E-state index is 0.0570. The van der Waals surface area contributed by atoms with E-state index < -0.39 is 11.6 Å². The molecular formula is C14H12BrF2NO. The number of phenols is 1. The first-order chi connectivity index (χ1) is 8.99. The van der Waals surface area contributed by atoms with Crippen molar-refractivity contribution in [1.29, 1.82) is 0 Å². The molecule has 0 aliphatic heterocycles. The minimum atomic E-state index is -0.555. The van der Waals surface area contributed by atoms with Crippen LogP contribution in [0.25, 0.3) is 0 Å². The molecule has 2 rings (SSSR count). The fourth-order valence-corrected chi connectivity index (χ4v) is 2.03. The average Bonchev–Trinajstić information content (AvgIpc) is 2.37. The Balaban J connectivity index is 2.19. The number of halogens is 3. The largest absolute Gasteiger partial charge is 0.507 e. The fraction of sp³-hybridized carbons (Fsp3) is 0.143. The Kier molecular flexibility index (Phi) is 4.04. The smallest absolute Gasteiger partial charge is 0.147 e. The molecule has 0 aromatic heterocycles. The molecule has 19 heavy (non-hydrogen) atoms. The highest BCUT2D eigenvalue weighted by Crippen LogP contribution is 2.26. The topological polar surface area (TPSA) is 32.3 Å². The molecule has 0 bridgehead atoms. The van der Waals surface area contributed by atoms with E-state index in [1.165, 1.54) is 0 Å². The lowest BCUT2D eigenvalue weighted by molar-refractivity contribution is 0.465. The molecule has 0 saturated heterocycles. The van der Waals surface area contributed by atoms with Crippen LogP contribution in [0.4, 0.5) is 14.5 Å². The zero-order valence-electron chi connectivity index (χ0n) is 10.2. The van der Waals surface area contributed by atoms with E-state index in [0.717, 1.165) is 17.7 Å². The Hall–Kier alpha value is -1.62. The van der Waals surface area contributed by atoms with Crippen LogP contribution in [0.2, 0.25) is 0 Å². The Morgan fingerprint density at radius 1 is 1.21 bits per heavy atom. The lowest BCUT2D eigenvalue weighted by Crippen LogP contribution is -2.03. The number of hydrogen-bond donors (Lipinski definition) is 2. The van der Waals surface area contributed by atoms with Crippen LogP contribution in [0, 0.1) is 18.6 Å². The highest BCUT2D eigenvalue weighted by atomic mass is 79.9. The molecule has 0 heterocycles. The standard InChI is InChI=1S/C14H12BrF2NO/c1-8-3-2-4-9(14(8)19)7-18-13-6-11(16)10(15)5-12(13)17/h2-6,18-19H,7H2,1H3. The summed E-state index contributed by atoms with van der Waals surface area (Å²) in [6, 6.07) is 7.44. The summed E-state index contributed by atoms with van der Waals surface area (Å²) in [5.74, 6) is -0.939. The molecule has 2 nitrogen and oxygen atoms in total. The summed E-state index contributed by atoms with van der Waals surface area (Å²) in [5, 5.41) is 12.6. The summed E-state index contributed by atoms with van der Waals surface area (Å²) in [5.41, 5.74) is 1.42. The molecule has 0 saturated carbocycles. The number of anilines is 1. The normalized spacial score (nSPS) is 10.5. The van der Waals surface area contributed by atoms with Gasteiger partial charge >= 0.3 is 0 Å². The molecule has 0 unspecified atom stereocenters. The summed E-state index contributed by atoms with van der Waals surface area (Å²) in [6.45, 7) is 1.99. The molecule has 2 N–H and O–H groups in total. The third kappa shape index (κ3) is 3.04. The van der Waals surface area contributed by atoms with Gasteiger partial charge in [0.25, 0.3) is 0 Å². The van der Waals surface area contributed by atoms with E-state index in [-0.39, 0.29) is 22.5 Å². The van der Waals surface area contributed by atoms with Crippen LogP contribution in [0.3, 0.4) is 0 Å². The van der Waals surface area contributed by atoms with Crippen LogP contribution in [0.5, 0.6) is 5.75 Å². The van der Waals surface area contributed by atoms with Crippen molar-refractivity contribution in [2.75, 3.05) is 5.32 Å². The van der Waals surface area contributed by atoms with Gasteiger partial charge in [-0.1, -0.05) is 18.2 Å². The van der Waals surface area contributed by atoms with Crippen LogP contribution in [0.1, 0.15) is 11.1 Å². The number of aromatic hydroxyl groups is 1. The summed E-state index contributed by atoms with van der Waals surface area (Å²) < 4.78 is 27.0. The van der Waals surface area contributed by atoms with Gasteiger partial charge in [0.05, 0.1) is 10.2 Å². The van der Waals surface area contributed by atoms with Crippen LogP contribution in [-0.2, 0) is 6.54 Å². The zero-order chi connectivity index (χ0) is 14.0. The molecule has 2 aromatic rings. The zero-order valence-corrected chi connectivity index (χ0v) is 11.8. The van der Waals surface area contributed by atoms with Crippen LogP contribution in [-0.4, -0.2) is 5.11 Å². The maximum absolute atomic E-state index is 13.6. The predicted octanol–water partition coefficient (Wildman–Crippen LogP) is 4.35. The van der Waals surface area contributed by atoms with Gasteiger partial charge in [-0.05, 0) is 34.5 Å². The first kappa shape index (κ1) is 13.8. The molecule has 5 heteroatoms. The monoisotopic (exact) mass is 327 g/mol. The van der Waals surface area contributed by atoms with Gasteiger partial charge in [-0.3, -0.25) is 0 Å². The maximum atomic E-state index is 13.6. The third-order valence-electron chi connectivity index (χ3n) is 2.80. The van der Waals surface area contributed by atoms with Crippen molar-refractivity contribution < 1.29 is 13.9 Å². The van der Waals surface area contributed by atoms with Crippen molar-refractivity contribution in [3.63, 3.8) is 0 Å². The number of benzene rings is 2. The van der Waals surface area contributed by atoms with Crippen molar-refractivity contribution in [3.8, 4) is 5.75 Å². The lowest BCUT2D eigenvalue weighted by Gasteiger charge is -2.11. The Bertz CT molecular complexity index is 617. The molecule has 0 atom stereocenters. The second-order valence-corrected chi connectivity index (χ2v) is 5.04. The van der Waals surface area contributed by atoms with Gasteiger partial charge in [0.1, 0.15) is 17.4 Å². The van der Waals surface area contributed by atoms with Crippen LogP contribution >= 0.6 is 15.9 Å². The van der Waals surface area contributed by atoms with Crippen molar-refractivity contribution in [2.24, 2.45) is 0 Å². The summed E-state index contributed by atoms with van der Waals surface area (Å²) in [7, 11) is 0. The number of nitrogens with one attached hydrogen (secondary N) is 1. The van der Waals surface area contributed by atoms with Crippen molar-refractivity contribution in [3.05, 3.63) is 57.6 Å². The van der Waals surface area contributed by atoms with Gasteiger partial charge in [-0.15, -0.1) is 0 Å². The third-order valence-corrected chi connectivity index (χ3v) is 3.41. The Labute approximate surface area is 118 Å². The summed E-state index contributed by atoms with van der Waals surface area (Å²) in [6.07, 6.45) is 0. The second-order valence-electron chi connectivity index (χ2n) is 4.18. The van der Waals surface area contributed by atoms with E-state index in [1.54, 1.807) is 25.1 Å². The van der Waals surface area contributed by atoms with Crippen LogP contribution < -0.4 is 5.32 Å². The number of para-hydroxylation sites is 1. The first-order valence-electron chi connectivity index (χ1n) is 5.65. The van der Waals surface area contributed by atoms with Gasteiger partial charge in [0.2, 0.25) is 0 Å². The van der Waals surface area contributed by atoms with E-state index in [2.05, 4.69) is 21.2 Å². The van der Waals surface area contributed by atoms with Gasteiger partial charge in [0, 0.05) is 18.2 Å². The summed E-state index contributed by atoms with van der Waals surface area (Å²) in [4.78, 5) is 0. The maximum Gasteiger partial charge on any atom is 0.147 e. The van der Waals surface area contributed by atoms with Crippen LogP contribution in [0.15, 0.2) is 34.8 Å². The van der Waals surface area contributed by atoms with E-state index in [9.17, 15) is 13.9 Å². The molecule has 0 aliphatic rings. The number of aryl methyl sites for hydroxylation is 1. The highest BCUT2D eigenvalue weighted by molar-refractivity contribution is 9.10. The van der Waals surface area contributed by atoms with Gasteiger partial charge in [-0.25, -0.2) is 8.78 Å². The minimum Gasteiger partial charge on any atom is -0.507 e. The van der Waals surface area contributed by atoms with Gasteiger partial charge in [-0.2, -0.15) is 0 Å². The van der Waals surface area contributed by atoms with E-state index in [1.807, 2.05) is 0 Å². The molecule has 0 spiro atoms. The van der Waals surface area contributed by atoms with Gasteiger partial charge < -0.3 is 10.4 Å². The van der Waals surface area contributed by atoms with Crippen molar-refractivity contribution >= 4 is 21.6 Å². The van der Waals surface area contributed by atoms with Crippen molar-refractivity contribution in [2.45, 2.75) is 13.5 Å². The SMILES string of the molecule is Cc1cccc(CNc2cc(F)c(Br)cc2F)c1O. The van der Waals surface area contributed by atoms with E-state index in [4.69, 9.17) is 0 Å². The average molecular weight is 328 g/mol. The predicted molar refractivity (Wildman–Crippen MR) is 74.2 cm³/mol. The van der Waals surface area contributed by atoms with E-state index in [0.29, 0.717) is 5.56 Å². The second kappa shape index (κ2) is 5.57. The first-order valence-corrected chi connectivity index (χ1v) is 6.44. The van der Waals surface area contributed by atoms with Crippen molar-refractivity contribution in [1.82, 2.24) is 0 Å². The Morgan fingerprint density at radius 3 is 2.68 bits per heavy atom. The molecule has 0 fully saturated rings. The summed E-state index contributed by atoms with van der Waals surface area (Å²) >= 11 is 2.91. The molecule has 2 aromatic carbocycles. The molecule has 0 aliphatic carbocycles. The number of rotatable bonds is 3. The Morgan fingerprint density at radius 2 is 1.95 bits per heavy atom. The molecular weight excluding hydrogens is 316 g/mol. The molecule has 100 valence electrons. The molecule has 0 radical (unpaired) electrons. The number of phenolic OH excluding ortho intramolecular Hbond substituents is 1. The highest BCUT2D eigenvalue weighted by Gasteiger charge is 2.09. The van der Waals surface area contributed by atoms with E-state index >= 15 is 0 Å². The van der Waals surface area contributed by atoms with Gasteiger partial charge in [0.15, 0.2) is 0 Å². The lowest BCUT2D eigenvalue weighted by atomic mass is 10.1.